The van der Waals surface area contributed by atoms with E-state index in [9.17, 15) is 4.39 Å². The first-order chi connectivity index (χ1) is 9.81. The number of fused-ring (bicyclic) bond motifs is 3. The fourth-order valence-electron chi connectivity index (χ4n) is 2.50. The van der Waals surface area contributed by atoms with Crippen molar-refractivity contribution < 1.29 is 4.39 Å². The number of hydrogen-bond acceptors (Lipinski definition) is 1. The van der Waals surface area contributed by atoms with Gasteiger partial charge in [0, 0.05) is 17.1 Å². The minimum absolute atomic E-state index is 0.233. The highest BCUT2D eigenvalue weighted by molar-refractivity contribution is 5.96. The molecule has 0 fully saturated rings. The Morgan fingerprint density at radius 1 is 0.900 bits per heavy atom. The van der Waals surface area contributed by atoms with Gasteiger partial charge in [0.25, 0.3) is 0 Å². The van der Waals surface area contributed by atoms with Crippen LogP contribution in [0.4, 0.5) is 4.39 Å². The highest BCUT2D eigenvalue weighted by Crippen LogP contribution is 2.25. The molecule has 4 aromatic rings. The van der Waals surface area contributed by atoms with Crippen LogP contribution in [0, 0.1) is 5.82 Å². The zero-order chi connectivity index (χ0) is 13.5. The van der Waals surface area contributed by atoms with E-state index in [1.807, 2.05) is 35.0 Å². The molecular formula is C17H11FN2. The topological polar surface area (TPSA) is 17.3 Å². The van der Waals surface area contributed by atoms with Crippen LogP contribution in [0.1, 0.15) is 0 Å². The van der Waals surface area contributed by atoms with Crippen molar-refractivity contribution in [3.63, 3.8) is 0 Å². The van der Waals surface area contributed by atoms with Gasteiger partial charge in [-0.05, 0) is 41.8 Å². The number of halogens is 1. The van der Waals surface area contributed by atoms with E-state index in [0.29, 0.717) is 0 Å². The van der Waals surface area contributed by atoms with Gasteiger partial charge in [-0.2, -0.15) is 5.10 Å². The first-order valence-corrected chi connectivity index (χ1v) is 6.44. The van der Waals surface area contributed by atoms with Crippen LogP contribution in [0.25, 0.3) is 27.5 Å². The highest BCUT2D eigenvalue weighted by atomic mass is 19.1. The zero-order valence-corrected chi connectivity index (χ0v) is 10.6. The van der Waals surface area contributed by atoms with Gasteiger partial charge in [0.1, 0.15) is 5.82 Å². The van der Waals surface area contributed by atoms with Crippen molar-refractivity contribution in [2.24, 2.45) is 0 Å². The molecule has 0 radical (unpaired) electrons. The number of benzene rings is 2. The monoisotopic (exact) mass is 262 g/mol. The third kappa shape index (κ3) is 1.67. The van der Waals surface area contributed by atoms with Crippen molar-refractivity contribution in [1.82, 2.24) is 9.61 Å². The number of rotatable bonds is 1. The minimum Gasteiger partial charge on any atom is -0.240 e. The van der Waals surface area contributed by atoms with Gasteiger partial charge in [-0.3, -0.25) is 0 Å². The predicted molar refractivity (Wildman–Crippen MR) is 78.1 cm³/mol. The van der Waals surface area contributed by atoms with Gasteiger partial charge in [-0.1, -0.05) is 24.3 Å². The van der Waals surface area contributed by atoms with Gasteiger partial charge in [0.2, 0.25) is 0 Å². The molecule has 4 rings (SSSR count). The van der Waals surface area contributed by atoms with Crippen LogP contribution < -0.4 is 0 Å². The highest BCUT2D eigenvalue weighted by Gasteiger charge is 2.07. The van der Waals surface area contributed by atoms with Crippen LogP contribution in [0.2, 0.25) is 0 Å². The molecule has 0 atom stereocenters. The van der Waals surface area contributed by atoms with Gasteiger partial charge in [-0.25, -0.2) is 8.91 Å². The van der Waals surface area contributed by atoms with Crippen LogP contribution in [0.15, 0.2) is 66.9 Å². The molecule has 0 N–H and O–H groups in total. The molecule has 0 aliphatic carbocycles. The van der Waals surface area contributed by atoms with E-state index in [2.05, 4.69) is 17.2 Å². The Bertz CT molecular complexity index is 907. The molecule has 2 aromatic heterocycles. The van der Waals surface area contributed by atoms with Gasteiger partial charge in [0.15, 0.2) is 0 Å². The molecule has 2 aromatic carbocycles. The molecule has 0 saturated heterocycles. The van der Waals surface area contributed by atoms with Crippen LogP contribution in [0.5, 0.6) is 0 Å². The Kier molecular flexibility index (Phi) is 2.33. The first-order valence-electron chi connectivity index (χ1n) is 6.44. The van der Waals surface area contributed by atoms with E-state index in [1.165, 1.54) is 17.5 Å². The van der Waals surface area contributed by atoms with E-state index in [4.69, 9.17) is 0 Å². The van der Waals surface area contributed by atoms with Crippen molar-refractivity contribution in [2.75, 3.05) is 0 Å². The Morgan fingerprint density at radius 2 is 1.70 bits per heavy atom. The first kappa shape index (κ1) is 11.2. The lowest BCUT2D eigenvalue weighted by Gasteiger charge is -1.98. The average Bonchev–Trinajstić information content (AvgIpc) is 2.92. The number of hydrogen-bond donors (Lipinski definition) is 0. The maximum Gasteiger partial charge on any atom is 0.123 e. The molecule has 0 bridgehead atoms. The summed E-state index contributed by atoms with van der Waals surface area (Å²) < 4.78 is 14.9. The molecule has 0 aliphatic rings. The van der Waals surface area contributed by atoms with E-state index in [-0.39, 0.29) is 5.82 Å². The van der Waals surface area contributed by atoms with Crippen molar-refractivity contribution in [3.05, 3.63) is 72.7 Å². The molecule has 0 saturated carbocycles. The van der Waals surface area contributed by atoms with E-state index in [1.54, 1.807) is 12.1 Å². The van der Waals surface area contributed by atoms with Gasteiger partial charge in [-0.15, -0.1) is 0 Å². The number of aromatic nitrogens is 2. The SMILES string of the molecule is Fc1ccc(-c2cc3c4ccccc4ccn3n2)cc1. The lowest BCUT2D eigenvalue weighted by molar-refractivity contribution is 0.628. The Balaban J connectivity index is 1.98. The molecule has 0 aliphatic heterocycles. The summed E-state index contributed by atoms with van der Waals surface area (Å²) in [5.41, 5.74) is 2.82. The lowest BCUT2D eigenvalue weighted by atomic mass is 10.1. The second kappa shape index (κ2) is 4.17. The second-order valence-electron chi connectivity index (χ2n) is 4.77. The summed E-state index contributed by atoms with van der Waals surface area (Å²) >= 11 is 0. The largest absolute Gasteiger partial charge is 0.240 e. The summed E-state index contributed by atoms with van der Waals surface area (Å²) in [7, 11) is 0. The van der Waals surface area contributed by atoms with Crippen molar-refractivity contribution in [2.45, 2.75) is 0 Å². The van der Waals surface area contributed by atoms with Gasteiger partial charge >= 0.3 is 0 Å². The van der Waals surface area contributed by atoms with E-state index in [0.717, 1.165) is 22.2 Å². The Hall–Kier alpha value is -2.68. The van der Waals surface area contributed by atoms with Crippen molar-refractivity contribution >= 4 is 16.3 Å². The van der Waals surface area contributed by atoms with Gasteiger partial charge in [0.05, 0.1) is 11.2 Å². The minimum atomic E-state index is -0.233. The van der Waals surface area contributed by atoms with Crippen LogP contribution in [-0.4, -0.2) is 9.61 Å². The maximum atomic E-state index is 13.0. The fraction of sp³-hybridized carbons (Fsp3) is 0. The van der Waals surface area contributed by atoms with Crippen LogP contribution in [0.3, 0.4) is 0 Å². The predicted octanol–water partition coefficient (Wildman–Crippen LogP) is 4.29. The third-order valence-corrected chi connectivity index (χ3v) is 3.51. The van der Waals surface area contributed by atoms with Crippen LogP contribution in [-0.2, 0) is 0 Å². The molecular weight excluding hydrogens is 251 g/mol. The number of nitrogens with zero attached hydrogens (tertiary/aromatic N) is 2. The van der Waals surface area contributed by atoms with Crippen molar-refractivity contribution in [3.8, 4) is 11.3 Å². The zero-order valence-electron chi connectivity index (χ0n) is 10.6. The maximum absolute atomic E-state index is 13.0. The Morgan fingerprint density at radius 3 is 2.55 bits per heavy atom. The summed E-state index contributed by atoms with van der Waals surface area (Å²) in [6.07, 6.45) is 1.95. The molecule has 20 heavy (non-hydrogen) atoms. The molecule has 0 spiro atoms. The lowest BCUT2D eigenvalue weighted by Crippen LogP contribution is -1.87. The third-order valence-electron chi connectivity index (χ3n) is 3.51. The van der Waals surface area contributed by atoms with E-state index >= 15 is 0 Å². The summed E-state index contributed by atoms with van der Waals surface area (Å²) in [5, 5.41) is 6.91. The molecule has 2 heterocycles. The normalized spacial score (nSPS) is 11.2. The summed E-state index contributed by atoms with van der Waals surface area (Å²) in [5.74, 6) is -0.233. The molecule has 3 heteroatoms. The molecule has 0 unspecified atom stereocenters. The second-order valence-corrected chi connectivity index (χ2v) is 4.77. The summed E-state index contributed by atoms with van der Waals surface area (Å²) in [6.45, 7) is 0. The smallest absolute Gasteiger partial charge is 0.123 e. The van der Waals surface area contributed by atoms with E-state index < -0.39 is 0 Å². The van der Waals surface area contributed by atoms with Crippen molar-refractivity contribution in [1.29, 1.82) is 0 Å². The average molecular weight is 262 g/mol. The molecule has 2 nitrogen and oxygen atoms in total. The molecule has 0 amide bonds. The standard InChI is InChI=1S/C17H11FN2/c18-14-7-5-13(6-8-14)16-11-17-15-4-2-1-3-12(15)9-10-20(17)19-16/h1-11H. The van der Waals surface area contributed by atoms with Crippen LogP contribution >= 0.6 is 0 Å². The molecule has 96 valence electrons. The quantitative estimate of drug-likeness (QED) is 0.500. The number of pyridine rings is 1. The Labute approximate surface area is 115 Å². The summed E-state index contributed by atoms with van der Waals surface area (Å²) in [6, 6.07) is 18.7. The fourth-order valence-corrected chi connectivity index (χ4v) is 2.50. The van der Waals surface area contributed by atoms with Gasteiger partial charge < -0.3 is 0 Å². The summed E-state index contributed by atoms with van der Waals surface area (Å²) in [4.78, 5) is 0.